The maximum absolute atomic E-state index is 13.9. The number of thiazole rings is 1. The number of allylic oxidation sites excluding steroid dienone is 1. The zero-order valence-electron chi connectivity index (χ0n) is 21.3. The smallest absolute Gasteiger partial charge is 0.338 e. The number of hydrogen-bond acceptors (Lipinski definition) is 7. The Kier molecular flexibility index (Phi) is 6.96. The summed E-state index contributed by atoms with van der Waals surface area (Å²) in [5.74, 6) is 0.365. The third-order valence-corrected chi connectivity index (χ3v) is 8.05. The lowest BCUT2D eigenvalue weighted by atomic mass is 9.96. The van der Waals surface area contributed by atoms with Crippen molar-refractivity contribution in [1.29, 1.82) is 0 Å². The van der Waals surface area contributed by atoms with E-state index in [4.69, 9.17) is 9.47 Å². The molecule has 2 aromatic carbocycles. The van der Waals surface area contributed by atoms with E-state index < -0.39 is 12.0 Å². The SMILES string of the molecule is CSc1ccc(C2C(C(=O)OC(C)C)=C(C)N=c3s/c(=C\C4=Cc5ccccc5OC4C)c(=O)n32)cc1. The van der Waals surface area contributed by atoms with Gasteiger partial charge in [-0.1, -0.05) is 41.7 Å². The van der Waals surface area contributed by atoms with Crippen LogP contribution in [0.15, 0.2) is 80.1 Å². The van der Waals surface area contributed by atoms with Crippen LogP contribution in [0.3, 0.4) is 0 Å². The van der Waals surface area contributed by atoms with Crippen molar-refractivity contribution in [2.24, 2.45) is 4.99 Å². The van der Waals surface area contributed by atoms with Crippen LogP contribution in [0.4, 0.5) is 0 Å². The van der Waals surface area contributed by atoms with Gasteiger partial charge in [0, 0.05) is 10.5 Å². The van der Waals surface area contributed by atoms with Gasteiger partial charge in [0.05, 0.1) is 27.9 Å². The number of carbonyl (C=O) groups excluding carboxylic acids is 1. The number of fused-ring (bicyclic) bond motifs is 2. The largest absolute Gasteiger partial charge is 0.485 e. The molecule has 0 radical (unpaired) electrons. The van der Waals surface area contributed by atoms with Crippen molar-refractivity contribution in [3.8, 4) is 5.75 Å². The Morgan fingerprint density at radius 1 is 1.19 bits per heavy atom. The molecule has 0 aliphatic carbocycles. The minimum atomic E-state index is -0.629. The number of nitrogens with zero attached hydrogens (tertiary/aromatic N) is 2. The van der Waals surface area contributed by atoms with Gasteiger partial charge in [0.2, 0.25) is 0 Å². The van der Waals surface area contributed by atoms with Crippen LogP contribution in [0.2, 0.25) is 0 Å². The minimum Gasteiger partial charge on any atom is -0.485 e. The standard InChI is InChI=1S/C29H28N2O4S2/c1-16(2)34-28(33)25-17(3)30-29-31(26(25)19-10-12-22(36-5)13-11-19)27(32)24(37-29)15-21-14-20-8-6-7-9-23(20)35-18(21)4/h6-16,18,26H,1-5H3/b24-15-. The summed E-state index contributed by atoms with van der Waals surface area (Å²) in [6, 6.07) is 15.1. The molecule has 3 heterocycles. The van der Waals surface area contributed by atoms with Gasteiger partial charge in [0.25, 0.3) is 5.56 Å². The zero-order chi connectivity index (χ0) is 26.3. The van der Waals surface area contributed by atoms with Gasteiger partial charge in [0.15, 0.2) is 4.80 Å². The fourth-order valence-electron chi connectivity index (χ4n) is 4.53. The van der Waals surface area contributed by atoms with Crippen molar-refractivity contribution in [3.63, 3.8) is 0 Å². The number of hydrogen-bond donors (Lipinski definition) is 0. The zero-order valence-corrected chi connectivity index (χ0v) is 23.0. The highest BCUT2D eigenvalue weighted by Gasteiger charge is 2.34. The predicted octanol–water partition coefficient (Wildman–Crippen LogP) is 4.72. The molecule has 0 fully saturated rings. The molecule has 0 spiro atoms. The molecule has 0 saturated carbocycles. The van der Waals surface area contributed by atoms with E-state index in [2.05, 4.69) is 11.1 Å². The summed E-state index contributed by atoms with van der Waals surface area (Å²) < 4.78 is 13.8. The van der Waals surface area contributed by atoms with Gasteiger partial charge >= 0.3 is 5.97 Å². The van der Waals surface area contributed by atoms with E-state index in [9.17, 15) is 9.59 Å². The number of para-hydroxylation sites is 1. The van der Waals surface area contributed by atoms with E-state index >= 15 is 0 Å². The average Bonchev–Trinajstić information content (AvgIpc) is 3.17. The third kappa shape index (κ3) is 4.83. The number of benzene rings is 2. The van der Waals surface area contributed by atoms with E-state index in [1.165, 1.54) is 11.3 Å². The van der Waals surface area contributed by atoms with Crippen LogP contribution in [-0.2, 0) is 9.53 Å². The molecule has 8 heteroatoms. The second-order valence-corrected chi connectivity index (χ2v) is 11.1. The molecule has 6 nitrogen and oxygen atoms in total. The van der Waals surface area contributed by atoms with Crippen LogP contribution in [0, 0.1) is 0 Å². The molecule has 0 N–H and O–H groups in total. The van der Waals surface area contributed by atoms with Crippen LogP contribution in [-0.4, -0.2) is 29.0 Å². The Balaban J connectivity index is 1.68. The Bertz CT molecular complexity index is 1610. The van der Waals surface area contributed by atoms with Crippen molar-refractivity contribution < 1.29 is 14.3 Å². The summed E-state index contributed by atoms with van der Waals surface area (Å²) in [6.45, 7) is 7.39. The fraction of sp³-hybridized carbons (Fsp3) is 0.276. The van der Waals surface area contributed by atoms with Crippen LogP contribution < -0.4 is 19.6 Å². The summed E-state index contributed by atoms with van der Waals surface area (Å²) in [6.07, 6.45) is 5.44. The monoisotopic (exact) mass is 532 g/mol. The number of ether oxygens (including phenoxy) is 2. The topological polar surface area (TPSA) is 69.9 Å². The average molecular weight is 533 g/mol. The number of thioether (sulfide) groups is 1. The maximum Gasteiger partial charge on any atom is 0.338 e. The fourth-order valence-corrected chi connectivity index (χ4v) is 5.99. The lowest BCUT2D eigenvalue weighted by Gasteiger charge is -2.25. The Morgan fingerprint density at radius 3 is 2.62 bits per heavy atom. The summed E-state index contributed by atoms with van der Waals surface area (Å²) in [5, 5.41) is 0. The summed E-state index contributed by atoms with van der Waals surface area (Å²) in [7, 11) is 0. The summed E-state index contributed by atoms with van der Waals surface area (Å²) in [4.78, 5) is 33.5. The first-order valence-corrected chi connectivity index (χ1v) is 14.2. The number of esters is 1. The molecule has 5 rings (SSSR count). The summed E-state index contributed by atoms with van der Waals surface area (Å²) >= 11 is 2.95. The Morgan fingerprint density at radius 2 is 1.92 bits per heavy atom. The molecule has 0 bridgehead atoms. The number of aromatic nitrogens is 1. The van der Waals surface area contributed by atoms with Crippen molar-refractivity contribution in [3.05, 3.63) is 96.2 Å². The van der Waals surface area contributed by atoms with Gasteiger partial charge < -0.3 is 9.47 Å². The first kappa shape index (κ1) is 25.3. The van der Waals surface area contributed by atoms with E-state index in [0.717, 1.165) is 27.3 Å². The Labute approximate surface area is 223 Å². The van der Waals surface area contributed by atoms with Gasteiger partial charge in [-0.05, 0) is 75.4 Å². The molecule has 37 heavy (non-hydrogen) atoms. The van der Waals surface area contributed by atoms with E-state index in [1.54, 1.807) is 23.3 Å². The predicted molar refractivity (Wildman–Crippen MR) is 149 cm³/mol. The van der Waals surface area contributed by atoms with Crippen molar-refractivity contribution in [1.82, 2.24) is 4.57 Å². The van der Waals surface area contributed by atoms with E-state index in [1.807, 2.05) is 81.6 Å². The van der Waals surface area contributed by atoms with Crippen LogP contribution >= 0.6 is 23.1 Å². The highest BCUT2D eigenvalue weighted by molar-refractivity contribution is 7.98. The quantitative estimate of drug-likeness (QED) is 0.351. The first-order chi connectivity index (χ1) is 17.8. The van der Waals surface area contributed by atoms with Crippen LogP contribution in [0.1, 0.15) is 44.9 Å². The maximum atomic E-state index is 13.9. The molecule has 2 aliphatic heterocycles. The molecule has 3 aromatic rings. The summed E-state index contributed by atoms with van der Waals surface area (Å²) in [5.41, 5.74) is 3.45. The van der Waals surface area contributed by atoms with Gasteiger partial charge in [-0.3, -0.25) is 9.36 Å². The lowest BCUT2D eigenvalue weighted by molar-refractivity contribution is -0.143. The van der Waals surface area contributed by atoms with E-state index in [-0.39, 0.29) is 17.8 Å². The molecular formula is C29H28N2O4S2. The van der Waals surface area contributed by atoms with Gasteiger partial charge in [0.1, 0.15) is 11.9 Å². The molecule has 1 aromatic heterocycles. The first-order valence-electron chi connectivity index (χ1n) is 12.1. The van der Waals surface area contributed by atoms with Gasteiger partial charge in [-0.2, -0.15) is 0 Å². The van der Waals surface area contributed by atoms with Crippen molar-refractivity contribution in [2.45, 2.75) is 50.8 Å². The number of rotatable bonds is 5. The Hall–Kier alpha value is -3.36. The van der Waals surface area contributed by atoms with Crippen LogP contribution in [0.5, 0.6) is 5.75 Å². The van der Waals surface area contributed by atoms with Gasteiger partial charge in [-0.25, -0.2) is 9.79 Å². The molecule has 2 atom stereocenters. The molecule has 0 amide bonds. The minimum absolute atomic E-state index is 0.197. The van der Waals surface area contributed by atoms with Gasteiger partial charge in [-0.15, -0.1) is 11.8 Å². The molecular weight excluding hydrogens is 504 g/mol. The molecule has 0 saturated heterocycles. The highest BCUT2D eigenvalue weighted by atomic mass is 32.2. The lowest BCUT2D eigenvalue weighted by Crippen LogP contribution is -2.40. The van der Waals surface area contributed by atoms with E-state index in [0.29, 0.717) is 20.6 Å². The van der Waals surface area contributed by atoms with Crippen LogP contribution in [0.25, 0.3) is 12.2 Å². The number of carbonyl (C=O) groups is 1. The second kappa shape index (κ2) is 10.2. The molecule has 190 valence electrons. The third-order valence-electron chi connectivity index (χ3n) is 6.33. The van der Waals surface area contributed by atoms with Crippen molar-refractivity contribution >= 4 is 41.2 Å². The normalized spacial score (nSPS) is 19.1. The molecule has 2 aliphatic rings. The van der Waals surface area contributed by atoms with Crippen molar-refractivity contribution in [2.75, 3.05) is 6.26 Å². The second-order valence-electron chi connectivity index (χ2n) is 9.25. The molecule has 2 unspecified atom stereocenters. The highest BCUT2D eigenvalue weighted by Crippen LogP contribution is 2.32.